The Bertz CT molecular complexity index is 1530. The molecule has 250 valence electrons. The first-order valence-corrected chi connectivity index (χ1v) is 17.3. The molecule has 0 unspecified atom stereocenters. The molecule has 8 heteroatoms. The Balaban J connectivity index is 1.33. The topological polar surface area (TPSA) is 116 Å². The van der Waals surface area contributed by atoms with Gasteiger partial charge in [-0.25, -0.2) is 0 Å². The lowest BCUT2D eigenvalue weighted by Crippen LogP contribution is -2.66. The van der Waals surface area contributed by atoms with Crippen LogP contribution in [0.3, 0.4) is 0 Å². The van der Waals surface area contributed by atoms with Crippen LogP contribution in [0.15, 0.2) is 35.9 Å². The average Bonchev–Trinajstić information content (AvgIpc) is 2.96. The molecule has 0 heterocycles. The lowest BCUT2D eigenvalue weighted by molar-refractivity contribution is -0.384. The number of rotatable bonds is 4. The normalized spacial score (nSPS) is 42.7. The lowest BCUT2D eigenvalue weighted by Gasteiger charge is -2.70. The summed E-state index contributed by atoms with van der Waals surface area (Å²) in [7, 11) is 0. The Kier molecular flexibility index (Phi) is 7.50. The van der Waals surface area contributed by atoms with Gasteiger partial charge in [0.05, 0.1) is 4.92 Å². The van der Waals surface area contributed by atoms with Gasteiger partial charge >= 0.3 is 5.97 Å². The molecule has 1 aromatic carbocycles. The number of carbonyl (C=O) groups is 3. The van der Waals surface area contributed by atoms with Gasteiger partial charge in [-0.2, -0.15) is 0 Å². The van der Waals surface area contributed by atoms with Crippen molar-refractivity contribution in [3.05, 3.63) is 46.0 Å². The minimum atomic E-state index is -0.669. The molecule has 8 nitrogen and oxygen atoms in total. The first kappa shape index (κ1) is 32.9. The van der Waals surface area contributed by atoms with Crippen LogP contribution in [0.5, 0.6) is 0 Å². The van der Waals surface area contributed by atoms with E-state index in [0.29, 0.717) is 12.1 Å². The van der Waals surface area contributed by atoms with Crippen LogP contribution in [-0.2, 0) is 19.1 Å². The number of nitro benzene ring substituents is 1. The molecule has 4 fully saturated rings. The quantitative estimate of drug-likeness (QED) is 0.202. The van der Waals surface area contributed by atoms with E-state index in [1.165, 1.54) is 24.6 Å². The maximum Gasteiger partial charge on any atom is 0.302 e. The minimum absolute atomic E-state index is 0.00528. The summed E-state index contributed by atoms with van der Waals surface area (Å²) in [5, 5.41) is 14.3. The van der Waals surface area contributed by atoms with E-state index in [0.717, 1.165) is 51.4 Å². The van der Waals surface area contributed by atoms with Crippen LogP contribution in [0.2, 0.25) is 0 Å². The number of nitro groups is 1. The fourth-order valence-corrected chi connectivity index (χ4v) is 11.8. The second-order valence-corrected chi connectivity index (χ2v) is 17.5. The zero-order valence-electron chi connectivity index (χ0n) is 29.0. The van der Waals surface area contributed by atoms with Crippen molar-refractivity contribution in [2.24, 2.45) is 50.2 Å². The van der Waals surface area contributed by atoms with Crippen LogP contribution in [0.1, 0.15) is 113 Å². The maximum absolute atomic E-state index is 14.7. The molecule has 1 aromatic rings. The van der Waals surface area contributed by atoms with Gasteiger partial charge in [-0.05, 0) is 103 Å². The van der Waals surface area contributed by atoms with Crippen molar-refractivity contribution in [2.75, 3.05) is 5.32 Å². The number of nitrogens with one attached hydrogen (secondary N) is 1. The third-order valence-electron chi connectivity index (χ3n) is 14.7. The molecule has 0 aliphatic heterocycles. The largest absolute Gasteiger partial charge is 0.462 e. The van der Waals surface area contributed by atoms with Crippen molar-refractivity contribution >= 4 is 29.0 Å². The molecular formula is C38H52N2O6. The van der Waals surface area contributed by atoms with E-state index < -0.39 is 10.3 Å². The lowest BCUT2D eigenvalue weighted by atomic mass is 9.33. The molecule has 0 radical (unpaired) electrons. The summed E-state index contributed by atoms with van der Waals surface area (Å²) in [6, 6.07) is 6.12. The number of allylic oxidation sites excluding steroid dienone is 2. The Labute approximate surface area is 273 Å². The van der Waals surface area contributed by atoms with Crippen LogP contribution >= 0.6 is 0 Å². The molecule has 0 saturated heterocycles. The van der Waals surface area contributed by atoms with Gasteiger partial charge in [0.1, 0.15) is 6.10 Å². The van der Waals surface area contributed by atoms with Crippen LogP contribution < -0.4 is 5.32 Å². The fourth-order valence-electron chi connectivity index (χ4n) is 11.8. The molecule has 9 atom stereocenters. The molecule has 5 aliphatic rings. The van der Waals surface area contributed by atoms with Crippen molar-refractivity contribution < 1.29 is 24.0 Å². The molecule has 1 N–H and O–H groups in total. The Morgan fingerprint density at radius 2 is 1.65 bits per heavy atom. The molecule has 1 amide bonds. The van der Waals surface area contributed by atoms with E-state index in [4.69, 9.17) is 4.74 Å². The number of non-ortho nitro benzene ring substituents is 1. The molecule has 46 heavy (non-hydrogen) atoms. The Morgan fingerprint density at radius 1 is 0.957 bits per heavy atom. The van der Waals surface area contributed by atoms with Crippen LogP contribution in [-0.4, -0.2) is 28.7 Å². The van der Waals surface area contributed by atoms with Crippen molar-refractivity contribution in [3.63, 3.8) is 0 Å². The van der Waals surface area contributed by atoms with Gasteiger partial charge in [-0.1, -0.05) is 60.1 Å². The number of benzene rings is 1. The predicted octanol–water partition coefficient (Wildman–Crippen LogP) is 8.45. The van der Waals surface area contributed by atoms with Gasteiger partial charge in [0.2, 0.25) is 5.91 Å². The third kappa shape index (κ3) is 4.62. The second kappa shape index (κ2) is 10.5. The van der Waals surface area contributed by atoms with Crippen molar-refractivity contribution in [3.8, 4) is 0 Å². The average molecular weight is 633 g/mol. The minimum Gasteiger partial charge on any atom is -0.462 e. The maximum atomic E-state index is 14.7. The van der Waals surface area contributed by atoms with Gasteiger partial charge in [0.15, 0.2) is 5.78 Å². The number of hydrogen-bond acceptors (Lipinski definition) is 6. The summed E-state index contributed by atoms with van der Waals surface area (Å²) in [5.41, 5.74) is 0.142. The van der Waals surface area contributed by atoms with Crippen LogP contribution in [0, 0.1) is 60.4 Å². The van der Waals surface area contributed by atoms with E-state index in [9.17, 15) is 24.5 Å². The summed E-state index contributed by atoms with van der Waals surface area (Å²) < 4.78 is 5.86. The number of nitrogens with zero attached hydrogens (tertiary/aromatic N) is 1. The van der Waals surface area contributed by atoms with E-state index in [1.54, 1.807) is 12.1 Å². The first-order chi connectivity index (χ1) is 21.3. The molecule has 0 aromatic heterocycles. The number of fused-ring (bicyclic) bond motifs is 7. The zero-order valence-corrected chi connectivity index (χ0v) is 29.0. The zero-order chi connectivity index (χ0) is 33.7. The predicted molar refractivity (Wildman–Crippen MR) is 177 cm³/mol. The molecule has 0 bridgehead atoms. The number of anilines is 1. The molecule has 6 rings (SSSR count). The number of esters is 1. The second-order valence-electron chi connectivity index (χ2n) is 17.5. The van der Waals surface area contributed by atoms with E-state index >= 15 is 0 Å². The van der Waals surface area contributed by atoms with Crippen molar-refractivity contribution in [1.82, 2.24) is 0 Å². The fraction of sp³-hybridized carbons (Fsp3) is 0.711. The number of hydrogen-bond donors (Lipinski definition) is 1. The van der Waals surface area contributed by atoms with Gasteiger partial charge in [0, 0.05) is 41.5 Å². The highest BCUT2D eigenvalue weighted by Gasteiger charge is 2.70. The Morgan fingerprint density at radius 3 is 2.33 bits per heavy atom. The van der Waals surface area contributed by atoms with Crippen molar-refractivity contribution in [2.45, 2.75) is 119 Å². The van der Waals surface area contributed by atoms with Gasteiger partial charge in [0.25, 0.3) is 5.69 Å². The van der Waals surface area contributed by atoms with Crippen molar-refractivity contribution in [1.29, 1.82) is 0 Å². The summed E-state index contributed by atoms with van der Waals surface area (Å²) in [6.45, 7) is 17.5. The highest BCUT2D eigenvalue weighted by atomic mass is 16.6. The van der Waals surface area contributed by atoms with Gasteiger partial charge < -0.3 is 10.1 Å². The summed E-state index contributed by atoms with van der Waals surface area (Å²) in [6.07, 6.45) is 9.82. The van der Waals surface area contributed by atoms with Crippen LogP contribution in [0.4, 0.5) is 11.4 Å². The molecule has 4 saturated carbocycles. The highest BCUT2D eigenvalue weighted by molar-refractivity contribution is 5.97. The number of amides is 1. The first-order valence-electron chi connectivity index (χ1n) is 17.3. The van der Waals surface area contributed by atoms with Gasteiger partial charge in [-0.3, -0.25) is 24.5 Å². The smallest absolute Gasteiger partial charge is 0.302 e. The Hall–Kier alpha value is -3.03. The summed E-state index contributed by atoms with van der Waals surface area (Å²) in [5.74, 6) is 0.143. The SMILES string of the molecule is CC(=O)O[C@@H]1CC[C@]2(C)[C@H](CC[C@]3(C)[C@@H]2C(=O)C=C2[C@@H]4C[C@](C)(C(=O)Nc5cccc([N+](=O)[O-])c5)CC[C@]4(C)CC[C@@]23C)C1(C)C. The summed E-state index contributed by atoms with van der Waals surface area (Å²) in [4.78, 5) is 51.4. The molecule has 0 spiro atoms. The monoisotopic (exact) mass is 632 g/mol. The van der Waals surface area contributed by atoms with E-state index in [2.05, 4.69) is 46.9 Å². The van der Waals surface area contributed by atoms with E-state index in [-0.39, 0.29) is 74.3 Å². The van der Waals surface area contributed by atoms with E-state index in [1.807, 2.05) is 13.0 Å². The number of ether oxygens (including phenoxy) is 1. The van der Waals surface area contributed by atoms with Crippen LogP contribution in [0.25, 0.3) is 0 Å². The standard InChI is InChI=1S/C38H52N2O6/c1-23(41)46-30-13-14-36(6)29(33(30,2)3)12-15-38(8)31(36)28(42)21-26-27-22-35(5,17-16-34(27,4)18-19-37(26,38)7)32(43)39-24-10-9-11-25(20-24)40(44)45/h9-11,20-21,27,29-31H,12-19,22H2,1-8H3,(H,39,43)/t27-,29+,30+,31+,34+,35+,36+,37-,38+/m0/s1. The number of ketones is 1. The molecule has 5 aliphatic carbocycles. The third-order valence-corrected chi connectivity index (χ3v) is 14.7. The summed E-state index contributed by atoms with van der Waals surface area (Å²) >= 11 is 0. The van der Waals surface area contributed by atoms with Gasteiger partial charge in [-0.15, -0.1) is 0 Å². The highest BCUT2D eigenvalue weighted by Crippen LogP contribution is 2.75. The number of carbonyl (C=O) groups excluding carboxylic acids is 3. The molecular weight excluding hydrogens is 580 g/mol.